The van der Waals surface area contributed by atoms with Crippen molar-refractivity contribution in [2.24, 2.45) is 0 Å². The minimum atomic E-state index is 0.0621. The van der Waals surface area contributed by atoms with Crippen LogP contribution in [0.1, 0.15) is 20.3 Å². The van der Waals surface area contributed by atoms with E-state index in [0.29, 0.717) is 6.04 Å². The predicted octanol–water partition coefficient (Wildman–Crippen LogP) is 4.36. The average molecular weight is 337 g/mol. The molecule has 4 heteroatoms. The fourth-order valence-corrected chi connectivity index (χ4v) is 3.62. The first-order valence-corrected chi connectivity index (χ1v) is 9.17. The number of benzene rings is 2. The molecule has 2 aromatic rings. The number of hydrogen-bond donors (Lipinski definition) is 0. The van der Waals surface area contributed by atoms with E-state index in [1.165, 1.54) is 0 Å². The van der Waals surface area contributed by atoms with E-state index in [1.807, 2.05) is 70.5 Å². The second-order valence-electron chi connectivity index (χ2n) is 6.40. The molecule has 0 bridgehead atoms. The Balaban J connectivity index is 1.84. The predicted molar refractivity (Wildman–Crippen MR) is 103 cm³/mol. The third kappa shape index (κ3) is 3.85. The SMILES string of the molecule is CCN(CC)C1CCN(C(=O)N(c2ccccc2)c2ccccc2)C1. The molecule has 1 aliphatic heterocycles. The molecule has 1 saturated heterocycles. The lowest BCUT2D eigenvalue weighted by Crippen LogP contribution is -2.42. The highest BCUT2D eigenvalue weighted by atomic mass is 16.2. The van der Waals surface area contributed by atoms with Gasteiger partial charge in [-0.2, -0.15) is 0 Å². The third-order valence-electron chi connectivity index (χ3n) is 4.98. The van der Waals surface area contributed by atoms with E-state index in [-0.39, 0.29) is 6.03 Å². The molecule has 0 radical (unpaired) electrons. The molecule has 0 aromatic heterocycles. The van der Waals surface area contributed by atoms with Gasteiger partial charge in [0.2, 0.25) is 0 Å². The van der Waals surface area contributed by atoms with E-state index < -0.39 is 0 Å². The molecule has 2 amide bonds. The fourth-order valence-electron chi connectivity index (χ4n) is 3.62. The smallest absolute Gasteiger partial charge is 0.322 e. The lowest BCUT2D eigenvalue weighted by atomic mass is 10.2. The minimum absolute atomic E-state index is 0.0621. The van der Waals surface area contributed by atoms with Crippen LogP contribution in [-0.4, -0.2) is 48.1 Å². The molecule has 0 N–H and O–H groups in total. The number of carbonyl (C=O) groups excluding carboxylic acids is 1. The van der Waals surface area contributed by atoms with Crippen LogP contribution in [0.3, 0.4) is 0 Å². The van der Waals surface area contributed by atoms with Crippen molar-refractivity contribution in [3.05, 3.63) is 60.7 Å². The van der Waals surface area contributed by atoms with Crippen molar-refractivity contribution in [2.45, 2.75) is 26.3 Å². The monoisotopic (exact) mass is 337 g/mol. The van der Waals surface area contributed by atoms with Crippen LogP contribution in [0.2, 0.25) is 0 Å². The van der Waals surface area contributed by atoms with Gasteiger partial charge in [-0.25, -0.2) is 4.79 Å². The topological polar surface area (TPSA) is 26.8 Å². The molecule has 1 unspecified atom stereocenters. The van der Waals surface area contributed by atoms with Gasteiger partial charge in [0.25, 0.3) is 0 Å². The summed E-state index contributed by atoms with van der Waals surface area (Å²) in [5, 5.41) is 0. The number of nitrogens with zero attached hydrogens (tertiary/aromatic N) is 3. The Kier molecular flexibility index (Phi) is 5.71. The molecule has 1 fully saturated rings. The number of rotatable bonds is 5. The van der Waals surface area contributed by atoms with E-state index >= 15 is 0 Å². The van der Waals surface area contributed by atoms with Crippen molar-refractivity contribution in [3.8, 4) is 0 Å². The van der Waals surface area contributed by atoms with Crippen LogP contribution in [0.15, 0.2) is 60.7 Å². The van der Waals surface area contributed by atoms with Crippen LogP contribution in [0.25, 0.3) is 0 Å². The number of urea groups is 1. The minimum Gasteiger partial charge on any atom is -0.322 e. The average Bonchev–Trinajstić information content (AvgIpc) is 3.15. The van der Waals surface area contributed by atoms with Gasteiger partial charge in [0, 0.05) is 19.1 Å². The third-order valence-corrected chi connectivity index (χ3v) is 4.98. The lowest BCUT2D eigenvalue weighted by molar-refractivity contribution is 0.199. The zero-order valence-electron chi connectivity index (χ0n) is 15.1. The highest BCUT2D eigenvalue weighted by molar-refractivity contribution is 5.99. The maximum absolute atomic E-state index is 13.3. The van der Waals surface area contributed by atoms with Gasteiger partial charge < -0.3 is 4.90 Å². The standard InChI is InChI=1S/C21H27N3O/c1-3-22(4-2)20-15-16-23(17-20)21(25)24(18-11-7-5-8-12-18)19-13-9-6-10-14-19/h5-14,20H,3-4,15-17H2,1-2H3. The number of anilines is 2. The van der Waals surface area contributed by atoms with E-state index in [0.717, 1.165) is 44.0 Å². The summed E-state index contributed by atoms with van der Waals surface area (Å²) in [4.78, 5) is 19.6. The first-order valence-electron chi connectivity index (χ1n) is 9.17. The zero-order chi connectivity index (χ0) is 17.6. The Morgan fingerprint density at radius 1 is 0.960 bits per heavy atom. The highest BCUT2D eigenvalue weighted by Crippen LogP contribution is 2.28. The largest absolute Gasteiger partial charge is 0.329 e. The number of carbonyl (C=O) groups is 1. The summed E-state index contributed by atoms with van der Waals surface area (Å²) in [6, 6.07) is 20.3. The van der Waals surface area contributed by atoms with Gasteiger partial charge in [-0.3, -0.25) is 9.80 Å². The van der Waals surface area contributed by atoms with Gasteiger partial charge in [-0.05, 0) is 43.8 Å². The van der Waals surface area contributed by atoms with Crippen LogP contribution in [0.5, 0.6) is 0 Å². The number of amides is 2. The molecule has 3 rings (SSSR count). The quantitative estimate of drug-likeness (QED) is 0.810. The number of likely N-dealkylation sites (tertiary alicyclic amines) is 1. The summed E-state index contributed by atoms with van der Waals surface area (Å²) in [5.74, 6) is 0. The second kappa shape index (κ2) is 8.17. The Bertz CT molecular complexity index is 631. The fraction of sp³-hybridized carbons (Fsp3) is 0.381. The Labute approximate surface area is 150 Å². The Hall–Kier alpha value is -2.33. The van der Waals surface area contributed by atoms with E-state index in [2.05, 4.69) is 18.7 Å². The molecule has 4 nitrogen and oxygen atoms in total. The summed E-state index contributed by atoms with van der Waals surface area (Å²) in [5.41, 5.74) is 1.81. The summed E-state index contributed by atoms with van der Waals surface area (Å²) >= 11 is 0. The molecular weight excluding hydrogens is 310 g/mol. The Morgan fingerprint density at radius 3 is 1.96 bits per heavy atom. The van der Waals surface area contributed by atoms with Crippen LogP contribution < -0.4 is 4.90 Å². The maximum atomic E-state index is 13.3. The van der Waals surface area contributed by atoms with Crippen molar-refractivity contribution in [3.63, 3.8) is 0 Å². The van der Waals surface area contributed by atoms with Crippen molar-refractivity contribution >= 4 is 17.4 Å². The molecule has 1 aliphatic rings. The molecule has 0 saturated carbocycles. The normalized spacial score (nSPS) is 17.1. The van der Waals surface area contributed by atoms with Gasteiger partial charge in [0.1, 0.15) is 0 Å². The van der Waals surface area contributed by atoms with E-state index in [9.17, 15) is 4.79 Å². The van der Waals surface area contributed by atoms with Crippen LogP contribution in [0.4, 0.5) is 16.2 Å². The molecule has 0 aliphatic carbocycles. The van der Waals surface area contributed by atoms with Gasteiger partial charge in [0.15, 0.2) is 0 Å². The highest BCUT2D eigenvalue weighted by Gasteiger charge is 2.32. The van der Waals surface area contributed by atoms with Crippen molar-refractivity contribution in [1.82, 2.24) is 9.80 Å². The van der Waals surface area contributed by atoms with Gasteiger partial charge in [0.05, 0.1) is 11.4 Å². The maximum Gasteiger partial charge on any atom is 0.329 e. The van der Waals surface area contributed by atoms with Crippen molar-refractivity contribution in [1.29, 1.82) is 0 Å². The molecule has 1 heterocycles. The molecule has 2 aromatic carbocycles. The van der Waals surface area contributed by atoms with Gasteiger partial charge >= 0.3 is 6.03 Å². The van der Waals surface area contributed by atoms with Crippen LogP contribution in [0, 0.1) is 0 Å². The summed E-state index contributed by atoms with van der Waals surface area (Å²) < 4.78 is 0. The van der Waals surface area contributed by atoms with Crippen molar-refractivity contribution < 1.29 is 4.79 Å². The molecule has 1 atom stereocenters. The van der Waals surface area contributed by atoms with Crippen LogP contribution in [-0.2, 0) is 0 Å². The number of hydrogen-bond acceptors (Lipinski definition) is 2. The molecular formula is C21H27N3O. The second-order valence-corrected chi connectivity index (χ2v) is 6.40. The molecule has 132 valence electrons. The molecule has 25 heavy (non-hydrogen) atoms. The van der Waals surface area contributed by atoms with Crippen LogP contribution >= 0.6 is 0 Å². The number of likely N-dealkylation sites (N-methyl/N-ethyl adjacent to an activating group) is 1. The molecule has 0 spiro atoms. The summed E-state index contributed by atoms with van der Waals surface area (Å²) in [6.45, 7) is 8.06. The number of para-hydroxylation sites is 2. The first-order chi connectivity index (χ1) is 12.2. The van der Waals surface area contributed by atoms with Crippen molar-refractivity contribution in [2.75, 3.05) is 31.1 Å². The summed E-state index contributed by atoms with van der Waals surface area (Å²) in [7, 11) is 0. The zero-order valence-corrected chi connectivity index (χ0v) is 15.1. The summed E-state index contributed by atoms with van der Waals surface area (Å²) in [6.07, 6.45) is 1.05. The van der Waals surface area contributed by atoms with E-state index in [1.54, 1.807) is 0 Å². The first kappa shape index (κ1) is 17.5. The Morgan fingerprint density at radius 2 is 1.48 bits per heavy atom. The van der Waals surface area contributed by atoms with E-state index in [4.69, 9.17) is 0 Å². The van der Waals surface area contributed by atoms with Gasteiger partial charge in [-0.15, -0.1) is 0 Å². The van der Waals surface area contributed by atoms with Gasteiger partial charge in [-0.1, -0.05) is 50.2 Å². The lowest BCUT2D eigenvalue weighted by Gasteiger charge is -2.30.